The van der Waals surface area contributed by atoms with Gasteiger partial charge in [-0.15, -0.1) is 0 Å². The van der Waals surface area contributed by atoms with Crippen LogP contribution >= 0.6 is 0 Å². The molecule has 11 heteroatoms. The van der Waals surface area contributed by atoms with Gasteiger partial charge < -0.3 is 25.0 Å². The molecule has 3 aliphatic heterocycles. The Balaban J connectivity index is 1.31. The maximum absolute atomic E-state index is 13.7. The third kappa shape index (κ3) is 5.17. The molecule has 2 bridgehead atoms. The highest BCUT2D eigenvalue weighted by Gasteiger charge is 2.56. The van der Waals surface area contributed by atoms with E-state index in [1.165, 1.54) is 6.07 Å². The lowest BCUT2D eigenvalue weighted by molar-refractivity contribution is -0.141. The Kier molecular flexibility index (Phi) is 6.79. The van der Waals surface area contributed by atoms with E-state index in [4.69, 9.17) is 4.74 Å². The number of hydrogen-bond acceptors (Lipinski definition) is 7. The minimum absolute atomic E-state index is 0.0275. The lowest BCUT2D eigenvalue weighted by Gasteiger charge is -2.39. The Morgan fingerprint density at radius 1 is 1.23 bits per heavy atom. The number of likely N-dealkylation sites (tertiary alicyclic amines) is 3. The van der Waals surface area contributed by atoms with E-state index < -0.39 is 35.8 Å². The number of nitrogens with zero attached hydrogens (tertiary/aromatic N) is 4. The number of carboxylic acid groups (broad SMARTS) is 1. The second kappa shape index (κ2) is 9.83. The zero-order valence-corrected chi connectivity index (χ0v) is 22.7. The molecule has 1 aliphatic carbocycles. The summed E-state index contributed by atoms with van der Waals surface area (Å²) in [6.45, 7) is 7.77. The molecule has 0 radical (unpaired) electrons. The first-order valence-electron chi connectivity index (χ1n) is 13.5. The summed E-state index contributed by atoms with van der Waals surface area (Å²) in [6.07, 6.45) is 1.38. The zero-order valence-electron chi connectivity index (χ0n) is 22.7. The summed E-state index contributed by atoms with van der Waals surface area (Å²) in [5.41, 5.74) is 0.166. The Hall–Kier alpha value is -3.65. The molecular formula is C28H35N5O6. The number of alkyl carbamates (subject to hydrolysis) is 1. The van der Waals surface area contributed by atoms with Crippen LogP contribution in [0.5, 0.6) is 0 Å². The molecule has 4 fully saturated rings. The number of nitrogens with one attached hydrogen (secondary N) is 1. The fraction of sp³-hybridized carbons (Fsp3) is 0.607. The van der Waals surface area contributed by atoms with Gasteiger partial charge in [0, 0.05) is 25.2 Å². The Labute approximate surface area is 227 Å². The van der Waals surface area contributed by atoms with Crippen molar-refractivity contribution in [1.29, 1.82) is 5.26 Å². The minimum Gasteiger partial charge on any atom is -0.478 e. The summed E-state index contributed by atoms with van der Waals surface area (Å²) < 4.78 is 5.42. The van der Waals surface area contributed by atoms with Gasteiger partial charge in [0.15, 0.2) is 0 Å². The Bertz CT molecular complexity index is 1240. The predicted molar refractivity (Wildman–Crippen MR) is 138 cm³/mol. The van der Waals surface area contributed by atoms with Crippen LogP contribution in [0.4, 0.5) is 4.79 Å². The van der Waals surface area contributed by atoms with E-state index in [-0.39, 0.29) is 42.0 Å². The first kappa shape index (κ1) is 26.9. The number of benzene rings is 1. The van der Waals surface area contributed by atoms with Crippen LogP contribution in [0, 0.1) is 17.2 Å². The summed E-state index contributed by atoms with van der Waals surface area (Å²) in [6, 6.07) is 6.53. The fourth-order valence-electron chi connectivity index (χ4n) is 6.43. The highest BCUT2D eigenvalue weighted by Crippen LogP contribution is 2.48. The van der Waals surface area contributed by atoms with Crippen molar-refractivity contribution < 1.29 is 29.0 Å². The van der Waals surface area contributed by atoms with Gasteiger partial charge in [-0.2, -0.15) is 5.26 Å². The van der Waals surface area contributed by atoms with Gasteiger partial charge in [-0.3, -0.25) is 14.5 Å². The number of rotatable bonds is 7. The van der Waals surface area contributed by atoms with E-state index in [9.17, 15) is 29.5 Å². The summed E-state index contributed by atoms with van der Waals surface area (Å²) >= 11 is 0. The maximum atomic E-state index is 13.7. The molecule has 1 aromatic rings. The van der Waals surface area contributed by atoms with Crippen molar-refractivity contribution in [3.8, 4) is 6.07 Å². The van der Waals surface area contributed by atoms with Gasteiger partial charge in [0.25, 0.3) is 0 Å². The van der Waals surface area contributed by atoms with E-state index in [0.717, 1.165) is 12.0 Å². The lowest BCUT2D eigenvalue weighted by Crippen LogP contribution is -2.59. The molecule has 1 aromatic carbocycles. The topological polar surface area (TPSA) is 143 Å². The molecule has 208 valence electrons. The lowest BCUT2D eigenvalue weighted by atomic mass is 10.0. The van der Waals surface area contributed by atoms with Gasteiger partial charge in [-0.25, -0.2) is 9.59 Å². The highest BCUT2D eigenvalue weighted by atomic mass is 16.6. The first-order chi connectivity index (χ1) is 18.4. The molecule has 4 aliphatic rings. The van der Waals surface area contributed by atoms with Crippen LogP contribution in [0.1, 0.15) is 68.9 Å². The van der Waals surface area contributed by atoms with Crippen LogP contribution in [0.25, 0.3) is 0 Å². The second-order valence-corrected chi connectivity index (χ2v) is 12.1. The van der Waals surface area contributed by atoms with Gasteiger partial charge in [0.2, 0.25) is 11.8 Å². The van der Waals surface area contributed by atoms with Crippen molar-refractivity contribution in [3.63, 3.8) is 0 Å². The maximum Gasteiger partial charge on any atom is 0.408 e. The largest absolute Gasteiger partial charge is 0.478 e. The molecular weight excluding hydrogens is 502 g/mol. The number of carbonyl (C=O) groups is 4. The third-order valence-electron chi connectivity index (χ3n) is 8.26. The third-order valence-corrected chi connectivity index (χ3v) is 8.26. The molecule has 0 aromatic heterocycles. The molecule has 0 spiro atoms. The summed E-state index contributed by atoms with van der Waals surface area (Å²) in [5, 5.41) is 21.7. The van der Waals surface area contributed by atoms with Crippen LogP contribution < -0.4 is 5.32 Å². The number of piperazine rings is 1. The van der Waals surface area contributed by atoms with Crippen LogP contribution in [0.2, 0.25) is 0 Å². The van der Waals surface area contributed by atoms with Crippen molar-refractivity contribution in [2.75, 3.05) is 13.1 Å². The highest BCUT2D eigenvalue weighted by molar-refractivity contribution is 5.89. The molecule has 3 heterocycles. The van der Waals surface area contributed by atoms with Crippen molar-refractivity contribution in [2.45, 2.75) is 88.8 Å². The van der Waals surface area contributed by atoms with Gasteiger partial charge in [-0.1, -0.05) is 12.1 Å². The number of amides is 3. The van der Waals surface area contributed by atoms with Crippen molar-refractivity contribution >= 4 is 23.9 Å². The Morgan fingerprint density at radius 3 is 2.62 bits per heavy atom. The number of ether oxygens (including phenoxy) is 1. The van der Waals surface area contributed by atoms with Crippen molar-refractivity contribution in [2.24, 2.45) is 5.92 Å². The molecule has 11 nitrogen and oxygen atoms in total. The van der Waals surface area contributed by atoms with Gasteiger partial charge in [-0.05, 0) is 70.6 Å². The number of carboxylic acids is 1. The van der Waals surface area contributed by atoms with Crippen LogP contribution in [0.3, 0.4) is 0 Å². The van der Waals surface area contributed by atoms with Crippen LogP contribution in [-0.4, -0.2) is 92.6 Å². The van der Waals surface area contributed by atoms with Gasteiger partial charge in [0.05, 0.1) is 23.7 Å². The number of carbonyl (C=O) groups excluding carboxylic acids is 3. The van der Waals surface area contributed by atoms with Gasteiger partial charge in [0.1, 0.15) is 17.7 Å². The molecule has 3 amide bonds. The normalized spacial score (nSPS) is 29.0. The molecule has 2 N–H and O–H groups in total. The van der Waals surface area contributed by atoms with Crippen molar-refractivity contribution in [3.05, 3.63) is 35.4 Å². The van der Waals surface area contributed by atoms with Crippen molar-refractivity contribution in [1.82, 2.24) is 20.0 Å². The van der Waals surface area contributed by atoms with Gasteiger partial charge >= 0.3 is 12.1 Å². The summed E-state index contributed by atoms with van der Waals surface area (Å²) in [4.78, 5) is 56.7. The number of hydrogen-bond donors (Lipinski definition) is 2. The summed E-state index contributed by atoms with van der Waals surface area (Å²) in [7, 11) is 0. The number of aromatic carboxylic acids is 1. The predicted octanol–water partition coefficient (Wildman–Crippen LogP) is 2.14. The van der Waals surface area contributed by atoms with Crippen LogP contribution in [-0.2, 0) is 14.3 Å². The SMILES string of the molecule is C[C@@H](c1cccc(C(=O)O)c1)N1C(=O)C2C[C@H]1CN2CC(NC(=O)OC(C)(C)C)C(=O)N1C(C#N)C[C@@H]2C[C@@H]21. The zero-order chi connectivity index (χ0) is 28.2. The smallest absolute Gasteiger partial charge is 0.408 e. The van der Waals surface area contributed by atoms with E-state index >= 15 is 0 Å². The van der Waals surface area contributed by atoms with E-state index in [1.807, 2.05) is 17.9 Å². The van der Waals surface area contributed by atoms with E-state index in [1.54, 1.807) is 42.7 Å². The van der Waals surface area contributed by atoms with E-state index in [2.05, 4.69) is 11.4 Å². The number of fused-ring (bicyclic) bond motifs is 3. The Morgan fingerprint density at radius 2 is 1.97 bits per heavy atom. The number of piperidine rings is 1. The average molecular weight is 538 g/mol. The molecule has 7 atom stereocenters. The quantitative estimate of drug-likeness (QED) is 0.539. The molecule has 39 heavy (non-hydrogen) atoms. The standard InChI is InChI=1S/C28H35N5O6/c1-15(16-6-5-7-17(8-16)26(36)37)32-20-11-23(25(32)35)31(13-20)14-21(30-27(38)39-28(2,3)4)24(34)33-19(12-29)9-18-10-22(18)33/h5-8,15,18-23H,9-11,13-14H2,1-4H3,(H,30,38)(H,36,37)/t15-,18+,19?,20-,21?,22-,23?/m0/s1. The second-order valence-electron chi connectivity index (χ2n) is 12.1. The molecule has 5 rings (SSSR count). The average Bonchev–Trinajstić information content (AvgIpc) is 3.18. The first-order valence-corrected chi connectivity index (χ1v) is 13.5. The fourth-order valence-corrected chi connectivity index (χ4v) is 6.43. The molecule has 1 saturated carbocycles. The minimum atomic E-state index is -1.02. The van der Waals surface area contributed by atoms with Crippen LogP contribution in [0.15, 0.2) is 24.3 Å². The molecule has 3 saturated heterocycles. The summed E-state index contributed by atoms with van der Waals surface area (Å²) in [5.74, 6) is -1.09. The molecule has 3 unspecified atom stereocenters. The van der Waals surface area contributed by atoms with E-state index in [0.29, 0.717) is 25.3 Å². The number of nitriles is 1. The monoisotopic (exact) mass is 537 g/mol.